The number of carbonyl (C=O) groups excluding carboxylic acids is 1. The van der Waals surface area contributed by atoms with Gasteiger partial charge in [0.2, 0.25) is 0 Å². The highest BCUT2D eigenvalue weighted by Gasteiger charge is 2.28. The van der Waals surface area contributed by atoms with E-state index in [0.717, 1.165) is 73.4 Å². The summed E-state index contributed by atoms with van der Waals surface area (Å²) in [6, 6.07) is 7.92. The first-order valence-electron chi connectivity index (χ1n) is 12.0. The summed E-state index contributed by atoms with van der Waals surface area (Å²) >= 11 is 0. The summed E-state index contributed by atoms with van der Waals surface area (Å²) in [7, 11) is 0. The minimum atomic E-state index is -0.0807. The second-order valence-electron chi connectivity index (χ2n) is 9.04. The van der Waals surface area contributed by atoms with Crippen LogP contribution < -0.4 is 4.90 Å². The molecule has 35 heavy (non-hydrogen) atoms. The van der Waals surface area contributed by atoms with Gasteiger partial charge in [-0.1, -0.05) is 6.07 Å². The second-order valence-corrected chi connectivity index (χ2v) is 9.04. The molecule has 2 saturated heterocycles. The average Bonchev–Trinajstić information content (AvgIpc) is 3.56. The molecule has 0 bridgehead atoms. The van der Waals surface area contributed by atoms with Gasteiger partial charge in [0.1, 0.15) is 12.6 Å². The summed E-state index contributed by atoms with van der Waals surface area (Å²) in [5.74, 6) is 0.764. The van der Waals surface area contributed by atoms with E-state index in [0.29, 0.717) is 17.8 Å². The fraction of sp³-hybridized carbons (Fsp3) is 0.400. The van der Waals surface area contributed by atoms with Gasteiger partial charge in [0, 0.05) is 42.4 Å². The molecule has 4 aromatic rings. The lowest BCUT2D eigenvalue weighted by Gasteiger charge is -2.35. The monoisotopic (exact) mass is 473 g/mol. The Morgan fingerprint density at radius 2 is 2.09 bits per heavy atom. The van der Waals surface area contributed by atoms with Crippen LogP contribution in [-0.4, -0.2) is 68.2 Å². The summed E-state index contributed by atoms with van der Waals surface area (Å²) in [5, 5.41) is 14.3. The number of carbonyl (C=O) groups is 1. The number of hydrogen-bond donors (Lipinski definition) is 0. The van der Waals surface area contributed by atoms with Gasteiger partial charge < -0.3 is 14.4 Å². The van der Waals surface area contributed by atoms with E-state index >= 15 is 0 Å². The van der Waals surface area contributed by atoms with Crippen LogP contribution in [0.25, 0.3) is 28.1 Å². The number of nitrogens with zero attached hydrogens (tertiary/aromatic N) is 7. The third-order valence-corrected chi connectivity index (χ3v) is 6.65. The van der Waals surface area contributed by atoms with Crippen LogP contribution in [-0.2, 0) is 9.47 Å². The Hall–Kier alpha value is -3.63. The Kier molecular flexibility index (Phi) is 5.75. The van der Waals surface area contributed by atoms with Crippen LogP contribution in [0.15, 0.2) is 43.0 Å². The summed E-state index contributed by atoms with van der Waals surface area (Å²) in [5.41, 5.74) is 4.05. The van der Waals surface area contributed by atoms with Gasteiger partial charge in [-0.3, -0.25) is 9.36 Å². The van der Waals surface area contributed by atoms with Gasteiger partial charge in [-0.2, -0.15) is 5.10 Å². The first-order valence-corrected chi connectivity index (χ1v) is 12.0. The molecule has 6 rings (SSSR count). The van der Waals surface area contributed by atoms with Crippen molar-refractivity contribution in [1.29, 1.82) is 0 Å². The molecule has 10 heteroatoms. The van der Waals surface area contributed by atoms with Crippen molar-refractivity contribution in [2.75, 3.05) is 31.2 Å². The van der Waals surface area contributed by atoms with Gasteiger partial charge in [0.15, 0.2) is 17.8 Å². The largest absolute Gasteiger partial charge is 0.375 e. The van der Waals surface area contributed by atoms with E-state index in [2.05, 4.69) is 38.2 Å². The van der Waals surface area contributed by atoms with Crippen molar-refractivity contribution in [1.82, 2.24) is 29.5 Å². The number of morpholine rings is 1. The van der Waals surface area contributed by atoms with Crippen molar-refractivity contribution in [3.05, 3.63) is 48.5 Å². The molecule has 0 saturated carbocycles. The molecule has 1 unspecified atom stereocenters. The van der Waals surface area contributed by atoms with Gasteiger partial charge in [-0.25, -0.2) is 9.67 Å². The van der Waals surface area contributed by atoms with Gasteiger partial charge >= 0.3 is 0 Å². The van der Waals surface area contributed by atoms with E-state index in [-0.39, 0.29) is 12.3 Å². The minimum absolute atomic E-state index is 0.0807. The molecule has 2 aliphatic heterocycles. The lowest BCUT2D eigenvalue weighted by Crippen LogP contribution is -2.42. The van der Waals surface area contributed by atoms with Crippen molar-refractivity contribution >= 4 is 23.0 Å². The maximum absolute atomic E-state index is 11.2. The highest BCUT2D eigenvalue weighted by molar-refractivity contribution is 5.87. The highest BCUT2D eigenvalue weighted by atomic mass is 16.5. The summed E-state index contributed by atoms with van der Waals surface area (Å²) in [6.07, 6.45) is 9.00. The van der Waals surface area contributed by atoms with Gasteiger partial charge in [-0.05, 0) is 44.4 Å². The normalized spacial score (nSPS) is 20.9. The molecule has 0 N–H and O–H groups in total. The molecule has 2 atom stereocenters. The third kappa shape index (κ3) is 3.98. The number of ether oxygens (including phenoxy) is 2. The van der Waals surface area contributed by atoms with E-state index in [1.54, 1.807) is 24.8 Å². The Bertz CT molecular complexity index is 1360. The van der Waals surface area contributed by atoms with Crippen LogP contribution >= 0.6 is 0 Å². The molecule has 2 fully saturated rings. The average molecular weight is 474 g/mol. The highest BCUT2D eigenvalue weighted by Crippen LogP contribution is 2.38. The molecule has 10 nitrogen and oxygen atoms in total. The number of aldehydes is 1. The molecule has 3 aromatic heterocycles. The van der Waals surface area contributed by atoms with Crippen LogP contribution in [0.5, 0.6) is 0 Å². The molecule has 0 amide bonds. The summed E-state index contributed by atoms with van der Waals surface area (Å²) in [6.45, 7) is 4.93. The summed E-state index contributed by atoms with van der Waals surface area (Å²) < 4.78 is 15.8. The van der Waals surface area contributed by atoms with Crippen molar-refractivity contribution in [3.8, 4) is 17.1 Å². The van der Waals surface area contributed by atoms with Crippen molar-refractivity contribution in [3.63, 3.8) is 0 Å². The quantitative estimate of drug-likeness (QED) is 0.407. The molecule has 0 spiro atoms. The minimum Gasteiger partial charge on any atom is -0.375 e. The Morgan fingerprint density at radius 3 is 2.91 bits per heavy atom. The zero-order valence-corrected chi connectivity index (χ0v) is 19.6. The molecular formula is C25H27N7O3. The van der Waals surface area contributed by atoms with Crippen LogP contribution in [0.1, 0.15) is 42.8 Å². The lowest BCUT2D eigenvalue weighted by atomic mass is 10.1. The Labute approximate surface area is 202 Å². The molecule has 2 aliphatic rings. The first kappa shape index (κ1) is 21.9. The molecule has 180 valence electrons. The number of fused-ring (bicyclic) bond motifs is 1. The SMILES string of the molecule is C[C@@H]1CN(c2c(-c3nncn3C3CCCCO3)cccc2-n2ncc3cc(C=O)cnc32)CCO1. The number of anilines is 1. The van der Waals surface area contributed by atoms with Crippen LogP contribution in [0.2, 0.25) is 0 Å². The zero-order chi connectivity index (χ0) is 23.8. The Balaban J connectivity index is 1.53. The maximum Gasteiger partial charge on any atom is 0.168 e. The molecule has 0 radical (unpaired) electrons. The standard InChI is InChI=1S/C25H27N7O3/c1-17-14-30(8-10-34-17)23-20(25-29-27-16-31(25)22-7-2-3-9-35-22)5-4-6-21(23)32-24-19(13-28-32)11-18(15-33)12-26-24/h4-6,11-13,15-17,22H,2-3,7-10,14H2,1H3/t17-,22?/m1/s1. The van der Waals surface area contributed by atoms with E-state index < -0.39 is 0 Å². The van der Waals surface area contributed by atoms with Crippen LogP contribution in [0.4, 0.5) is 5.69 Å². The molecule has 0 aliphatic carbocycles. The number of aromatic nitrogens is 6. The molecular weight excluding hydrogens is 446 g/mol. The van der Waals surface area contributed by atoms with Gasteiger partial charge in [0.25, 0.3) is 0 Å². The molecule has 1 aromatic carbocycles. The van der Waals surface area contributed by atoms with Gasteiger partial charge in [-0.15, -0.1) is 10.2 Å². The van der Waals surface area contributed by atoms with E-state index in [1.165, 1.54) is 0 Å². The number of pyridine rings is 1. The lowest BCUT2D eigenvalue weighted by molar-refractivity contribution is -0.0311. The predicted octanol–water partition coefficient (Wildman–Crippen LogP) is 3.42. The number of benzene rings is 1. The fourth-order valence-electron chi connectivity index (χ4n) is 5.00. The van der Waals surface area contributed by atoms with Gasteiger partial charge in [0.05, 0.1) is 30.3 Å². The summed E-state index contributed by atoms with van der Waals surface area (Å²) in [4.78, 5) is 18.1. The van der Waals surface area contributed by atoms with E-state index in [1.807, 2.05) is 21.4 Å². The smallest absolute Gasteiger partial charge is 0.168 e. The first-order chi connectivity index (χ1) is 17.2. The van der Waals surface area contributed by atoms with Crippen molar-refractivity contribution in [2.24, 2.45) is 0 Å². The second kappa shape index (κ2) is 9.20. The number of rotatable bonds is 5. The van der Waals surface area contributed by atoms with E-state index in [9.17, 15) is 4.79 Å². The number of para-hydroxylation sites is 1. The van der Waals surface area contributed by atoms with Crippen molar-refractivity contribution < 1.29 is 14.3 Å². The van der Waals surface area contributed by atoms with Crippen LogP contribution in [0.3, 0.4) is 0 Å². The zero-order valence-electron chi connectivity index (χ0n) is 19.6. The number of hydrogen-bond acceptors (Lipinski definition) is 8. The maximum atomic E-state index is 11.2. The third-order valence-electron chi connectivity index (χ3n) is 6.65. The topological polar surface area (TPSA) is 100 Å². The Morgan fingerprint density at radius 1 is 1.14 bits per heavy atom. The van der Waals surface area contributed by atoms with Crippen molar-refractivity contribution in [2.45, 2.75) is 38.5 Å². The fourth-order valence-corrected chi connectivity index (χ4v) is 5.00. The molecule has 5 heterocycles. The predicted molar refractivity (Wildman–Crippen MR) is 130 cm³/mol. The van der Waals surface area contributed by atoms with Crippen LogP contribution in [0, 0.1) is 0 Å². The van der Waals surface area contributed by atoms with E-state index in [4.69, 9.17) is 9.47 Å².